The van der Waals surface area contributed by atoms with Crippen LogP contribution in [0.3, 0.4) is 0 Å². The molecule has 1 aliphatic heterocycles. The van der Waals surface area contributed by atoms with E-state index in [1.807, 2.05) is 6.07 Å². The Bertz CT molecular complexity index is 1330. The fraction of sp³-hybridized carbons (Fsp3) is 0.385. The van der Waals surface area contributed by atoms with Gasteiger partial charge in [0.05, 0.1) is 23.9 Å². The number of hydrogen-bond donors (Lipinski definition) is 1. The second-order valence-corrected chi connectivity index (χ2v) is 9.95. The summed E-state index contributed by atoms with van der Waals surface area (Å²) in [4.78, 5) is 29.5. The van der Waals surface area contributed by atoms with Crippen LogP contribution in [-0.4, -0.2) is 42.2 Å². The molecular weight excluding hydrogens is 513 g/mol. The van der Waals surface area contributed by atoms with E-state index in [2.05, 4.69) is 4.98 Å². The lowest BCUT2D eigenvalue weighted by Gasteiger charge is -2.25. The number of ether oxygens (including phenoxy) is 3. The van der Waals surface area contributed by atoms with Gasteiger partial charge >= 0.3 is 18.2 Å². The summed E-state index contributed by atoms with van der Waals surface area (Å²) in [6.07, 6.45) is -5.59. The molecule has 1 amide bonds. The number of benzene rings is 2. The van der Waals surface area contributed by atoms with Gasteiger partial charge in [0, 0.05) is 29.8 Å². The number of halogens is 4. The number of nitrogens with one attached hydrogen (secondary N) is 1. The molecule has 7 nitrogen and oxygen atoms in total. The maximum atomic E-state index is 14.1. The number of alkyl halides is 4. The van der Waals surface area contributed by atoms with Crippen molar-refractivity contribution in [3.05, 3.63) is 58.8 Å². The minimum Gasteiger partial charge on any atom is -0.487 e. The number of rotatable bonds is 5. The molecule has 11 heteroatoms. The van der Waals surface area contributed by atoms with Crippen molar-refractivity contribution < 1.29 is 37.0 Å². The van der Waals surface area contributed by atoms with Crippen molar-refractivity contribution >= 4 is 40.3 Å². The molecule has 2 heterocycles. The second kappa shape index (κ2) is 9.81. The summed E-state index contributed by atoms with van der Waals surface area (Å²) < 4.78 is 58.5. The molecule has 0 radical (unpaired) electrons. The number of methoxy groups -OCH3 is 1. The quantitative estimate of drug-likeness (QED) is 0.291. The Morgan fingerprint density at radius 1 is 1.16 bits per heavy atom. The van der Waals surface area contributed by atoms with Crippen molar-refractivity contribution in [2.75, 3.05) is 24.4 Å². The van der Waals surface area contributed by atoms with E-state index < -0.39 is 41.0 Å². The number of carbonyl (C=O) groups excluding carboxylic acids is 2. The summed E-state index contributed by atoms with van der Waals surface area (Å²) in [6, 6.07) is 10.5. The smallest absolute Gasteiger partial charge is 0.432 e. The van der Waals surface area contributed by atoms with E-state index >= 15 is 0 Å². The van der Waals surface area contributed by atoms with Crippen LogP contribution in [0.5, 0.6) is 5.75 Å². The highest BCUT2D eigenvalue weighted by atomic mass is 35.5. The second-order valence-electron chi connectivity index (χ2n) is 9.64. The van der Waals surface area contributed by atoms with E-state index in [0.29, 0.717) is 5.56 Å². The average molecular weight is 539 g/mol. The molecule has 1 atom stereocenters. The number of anilines is 1. The number of fused-ring (bicyclic) bond motifs is 3. The predicted octanol–water partition coefficient (Wildman–Crippen LogP) is 6.63. The third-order valence-electron chi connectivity index (χ3n) is 5.87. The maximum Gasteiger partial charge on any atom is 0.432 e. The molecule has 1 aromatic heterocycles. The average Bonchev–Trinajstić information content (AvgIpc) is 3.40. The van der Waals surface area contributed by atoms with E-state index in [4.69, 9.17) is 25.8 Å². The maximum absolute atomic E-state index is 14.1. The van der Waals surface area contributed by atoms with Crippen LogP contribution < -0.4 is 9.64 Å². The zero-order chi connectivity index (χ0) is 27.1. The van der Waals surface area contributed by atoms with Gasteiger partial charge in [-0.2, -0.15) is 13.2 Å². The van der Waals surface area contributed by atoms with Crippen molar-refractivity contribution in [3.63, 3.8) is 0 Å². The SMILES string of the molecule is COC(=O)c1c(C(F)(F)F)[nH]c2c(OCc3ccccc3)cc3c(c12)[C@H](CCl)CN3C(=O)OC(C)(C)C. The molecular formula is C26H26ClF3N2O5. The van der Waals surface area contributed by atoms with Crippen molar-refractivity contribution in [3.8, 4) is 5.75 Å². The highest BCUT2D eigenvalue weighted by Gasteiger charge is 2.44. The Labute approximate surface area is 216 Å². The molecule has 0 saturated heterocycles. The highest BCUT2D eigenvalue weighted by molar-refractivity contribution is 6.19. The molecule has 2 aromatic carbocycles. The first-order valence-corrected chi connectivity index (χ1v) is 12.0. The van der Waals surface area contributed by atoms with Gasteiger partial charge in [0.15, 0.2) is 0 Å². The lowest BCUT2D eigenvalue weighted by Crippen LogP contribution is -2.36. The Morgan fingerprint density at radius 3 is 2.41 bits per heavy atom. The van der Waals surface area contributed by atoms with Crippen molar-refractivity contribution in [1.82, 2.24) is 4.98 Å². The monoisotopic (exact) mass is 538 g/mol. The lowest BCUT2D eigenvalue weighted by molar-refractivity contribution is -0.141. The van der Waals surface area contributed by atoms with Gasteiger partial charge < -0.3 is 19.2 Å². The first-order valence-electron chi connectivity index (χ1n) is 11.5. The molecule has 0 fully saturated rings. The fourth-order valence-electron chi connectivity index (χ4n) is 4.39. The van der Waals surface area contributed by atoms with Crippen LogP contribution in [0.15, 0.2) is 36.4 Å². The molecule has 1 aliphatic rings. The van der Waals surface area contributed by atoms with E-state index in [1.165, 1.54) is 11.0 Å². The largest absolute Gasteiger partial charge is 0.487 e. The molecule has 0 saturated carbocycles. The van der Waals surface area contributed by atoms with Crippen molar-refractivity contribution in [2.45, 2.75) is 45.1 Å². The van der Waals surface area contributed by atoms with Crippen LogP contribution in [0.4, 0.5) is 23.7 Å². The van der Waals surface area contributed by atoms with Crippen LogP contribution >= 0.6 is 11.6 Å². The van der Waals surface area contributed by atoms with Crippen molar-refractivity contribution in [2.24, 2.45) is 0 Å². The molecule has 198 valence electrons. The molecule has 3 aromatic rings. The van der Waals surface area contributed by atoms with Gasteiger partial charge in [-0.05, 0) is 31.9 Å². The number of hydrogen-bond acceptors (Lipinski definition) is 5. The van der Waals surface area contributed by atoms with E-state index in [-0.39, 0.29) is 41.4 Å². The predicted molar refractivity (Wildman–Crippen MR) is 132 cm³/mol. The van der Waals surface area contributed by atoms with Gasteiger partial charge in [-0.1, -0.05) is 30.3 Å². The van der Waals surface area contributed by atoms with Crippen LogP contribution in [0.2, 0.25) is 0 Å². The molecule has 4 rings (SSSR count). The van der Waals surface area contributed by atoms with Gasteiger partial charge in [-0.3, -0.25) is 4.90 Å². The number of carbonyl (C=O) groups is 2. The van der Waals surface area contributed by atoms with Crippen LogP contribution in [0, 0.1) is 0 Å². The number of amides is 1. The van der Waals surface area contributed by atoms with Crippen LogP contribution in [0.25, 0.3) is 10.9 Å². The zero-order valence-corrected chi connectivity index (χ0v) is 21.4. The highest BCUT2D eigenvalue weighted by Crippen LogP contribution is 2.49. The fourth-order valence-corrected chi connectivity index (χ4v) is 4.64. The van der Waals surface area contributed by atoms with Gasteiger partial charge in [-0.15, -0.1) is 11.6 Å². The summed E-state index contributed by atoms with van der Waals surface area (Å²) in [5.41, 5.74) is -1.47. The summed E-state index contributed by atoms with van der Waals surface area (Å²) in [7, 11) is 1.00. The standard InChI is InChI=1S/C26H26ClF3N2O5/c1-25(2,3)37-24(34)32-12-15(11-27)18-16(32)10-17(36-13-14-8-6-5-7-9-14)21-19(18)20(23(33)35-4)22(31-21)26(28,29)30/h5-10,15,31H,11-13H2,1-4H3/t15-/m1/s1. The van der Waals surface area contributed by atoms with Gasteiger partial charge in [-0.25, -0.2) is 9.59 Å². The Hall–Kier alpha value is -3.40. The normalized spacial score (nSPS) is 15.6. The molecule has 0 bridgehead atoms. The third-order valence-corrected chi connectivity index (χ3v) is 6.24. The third kappa shape index (κ3) is 5.20. The Kier molecular flexibility index (Phi) is 7.07. The minimum atomic E-state index is -4.90. The number of aromatic amines is 1. The van der Waals surface area contributed by atoms with Gasteiger partial charge in [0.1, 0.15) is 23.7 Å². The van der Waals surface area contributed by atoms with E-state index in [0.717, 1.165) is 12.7 Å². The lowest BCUT2D eigenvalue weighted by atomic mass is 9.95. The Balaban J connectivity index is 1.99. The zero-order valence-electron chi connectivity index (χ0n) is 20.7. The summed E-state index contributed by atoms with van der Waals surface area (Å²) in [5, 5.41) is -0.0450. The minimum absolute atomic E-state index is 0.0151. The molecule has 1 N–H and O–H groups in total. The van der Waals surface area contributed by atoms with Gasteiger partial charge in [0.25, 0.3) is 0 Å². The molecule has 0 spiro atoms. The number of H-pyrrole nitrogens is 1. The summed E-state index contributed by atoms with van der Waals surface area (Å²) >= 11 is 6.22. The number of esters is 1. The first-order chi connectivity index (χ1) is 17.4. The molecule has 0 aliphatic carbocycles. The molecule has 0 unspecified atom stereocenters. The number of aromatic nitrogens is 1. The topological polar surface area (TPSA) is 80.9 Å². The van der Waals surface area contributed by atoms with E-state index in [1.54, 1.807) is 45.0 Å². The summed E-state index contributed by atoms with van der Waals surface area (Å²) in [5.74, 6) is -1.74. The van der Waals surface area contributed by atoms with Crippen molar-refractivity contribution in [1.29, 1.82) is 0 Å². The molecule has 37 heavy (non-hydrogen) atoms. The number of nitrogens with zero attached hydrogens (tertiary/aromatic N) is 1. The van der Waals surface area contributed by atoms with Crippen LogP contribution in [0.1, 0.15) is 53.9 Å². The van der Waals surface area contributed by atoms with E-state index in [9.17, 15) is 22.8 Å². The van der Waals surface area contributed by atoms with Crippen LogP contribution in [-0.2, 0) is 22.3 Å². The summed E-state index contributed by atoms with van der Waals surface area (Å²) in [6.45, 7) is 5.20. The van der Waals surface area contributed by atoms with Gasteiger partial charge in [0.2, 0.25) is 0 Å². The first kappa shape index (κ1) is 26.7. The Morgan fingerprint density at radius 2 is 1.84 bits per heavy atom.